The van der Waals surface area contributed by atoms with Crippen LogP contribution in [0.25, 0.3) is 0 Å². The van der Waals surface area contributed by atoms with E-state index in [1.807, 2.05) is 0 Å². The largest absolute Gasteiger partial charge is 0.496 e. The summed E-state index contributed by atoms with van der Waals surface area (Å²) in [5.74, 6) is -1.44. The third-order valence-corrected chi connectivity index (χ3v) is 3.40. The van der Waals surface area contributed by atoms with Crippen LogP contribution in [0.15, 0.2) is 36.4 Å². The van der Waals surface area contributed by atoms with Gasteiger partial charge in [-0.05, 0) is 37.7 Å². The van der Waals surface area contributed by atoms with Gasteiger partial charge in [0, 0.05) is 17.2 Å². The van der Waals surface area contributed by atoms with Crippen LogP contribution in [0.3, 0.4) is 0 Å². The number of hydrogen-bond acceptors (Lipinski definition) is 2. The van der Waals surface area contributed by atoms with Gasteiger partial charge in [0.15, 0.2) is 0 Å². The van der Waals surface area contributed by atoms with E-state index in [1.54, 1.807) is 13.1 Å². The standard InChI is InChI=1S/C16H16F3NO/c1-20-14(9-10-11(17)5-3-6-12(10)18)16-13(19)7-4-8-15(16)21-2/h3-8,14,20H,9H2,1-2H3. The van der Waals surface area contributed by atoms with E-state index in [-0.39, 0.29) is 17.5 Å². The van der Waals surface area contributed by atoms with Gasteiger partial charge in [-0.2, -0.15) is 0 Å². The van der Waals surface area contributed by atoms with Crippen LogP contribution in [-0.4, -0.2) is 14.2 Å². The van der Waals surface area contributed by atoms with Crippen molar-refractivity contribution in [1.82, 2.24) is 5.32 Å². The fourth-order valence-corrected chi connectivity index (χ4v) is 2.31. The molecule has 0 saturated heterocycles. The highest BCUT2D eigenvalue weighted by atomic mass is 19.1. The highest BCUT2D eigenvalue weighted by molar-refractivity contribution is 5.38. The summed E-state index contributed by atoms with van der Waals surface area (Å²) in [6.07, 6.45) is -0.0215. The second-order valence-electron chi connectivity index (χ2n) is 4.60. The first-order valence-electron chi connectivity index (χ1n) is 6.51. The second-order valence-corrected chi connectivity index (χ2v) is 4.60. The number of ether oxygens (including phenoxy) is 1. The molecule has 0 radical (unpaired) electrons. The van der Waals surface area contributed by atoms with Crippen molar-refractivity contribution in [1.29, 1.82) is 0 Å². The van der Waals surface area contributed by atoms with Gasteiger partial charge >= 0.3 is 0 Å². The lowest BCUT2D eigenvalue weighted by Gasteiger charge is -2.20. The summed E-state index contributed by atoms with van der Waals surface area (Å²) in [5.41, 5.74) is 0.173. The summed E-state index contributed by atoms with van der Waals surface area (Å²) in [7, 11) is 3.03. The van der Waals surface area contributed by atoms with E-state index in [9.17, 15) is 13.2 Å². The predicted molar refractivity (Wildman–Crippen MR) is 74.8 cm³/mol. The Morgan fingerprint density at radius 2 is 1.57 bits per heavy atom. The van der Waals surface area contributed by atoms with Crippen LogP contribution in [0.1, 0.15) is 17.2 Å². The highest BCUT2D eigenvalue weighted by Crippen LogP contribution is 2.31. The summed E-state index contributed by atoms with van der Waals surface area (Å²) < 4.78 is 46.7. The number of rotatable bonds is 5. The van der Waals surface area contributed by atoms with Gasteiger partial charge in [0.25, 0.3) is 0 Å². The third kappa shape index (κ3) is 3.19. The van der Waals surface area contributed by atoms with Crippen molar-refractivity contribution in [2.24, 2.45) is 0 Å². The van der Waals surface area contributed by atoms with Crippen LogP contribution in [0.4, 0.5) is 13.2 Å². The van der Waals surface area contributed by atoms with Crippen LogP contribution in [0.5, 0.6) is 5.75 Å². The number of methoxy groups -OCH3 is 1. The quantitative estimate of drug-likeness (QED) is 0.909. The fraction of sp³-hybridized carbons (Fsp3) is 0.250. The summed E-state index contributed by atoms with van der Waals surface area (Å²) in [6, 6.07) is 7.49. The van der Waals surface area contributed by atoms with Gasteiger partial charge in [-0.3, -0.25) is 0 Å². The molecule has 0 fully saturated rings. The Balaban J connectivity index is 2.42. The molecule has 0 spiro atoms. The van der Waals surface area contributed by atoms with Crippen molar-refractivity contribution in [3.8, 4) is 5.75 Å². The molecule has 0 aliphatic rings. The molecule has 1 unspecified atom stereocenters. The average molecular weight is 295 g/mol. The van der Waals surface area contributed by atoms with Crippen molar-refractivity contribution in [3.63, 3.8) is 0 Å². The number of halogens is 3. The lowest BCUT2D eigenvalue weighted by Crippen LogP contribution is -2.22. The molecule has 5 heteroatoms. The molecule has 0 aliphatic carbocycles. The minimum Gasteiger partial charge on any atom is -0.496 e. The van der Waals surface area contributed by atoms with Crippen LogP contribution < -0.4 is 10.1 Å². The van der Waals surface area contributed by atoms with Gasteiger partial charge < -0.3 is 10.1 Å². The first kappa shape index (κ1) is 15.4. The van der Waals surface area contributed by atoms with Crippen molar-refractivity contribution in [2.45, 2.75) is 12.5 Å². The van der Waals surface area contributed by atoms with Crippen molar-refractivity contribution >= 4 is 0 Å². The Kier molecular flexibility index (Phi) is 4.85. The van der Waals surface area contributed by atoms with Gasteiger partial charge in [0.2, 0.25) is 0 Å². The molecule has 0 aliphatic heterocycles. The third-order valence-electron chi connectivity index (χ3n) is 3.40. The molecule has 2 aromatic carbocycles. The topological polar surface area (TPSA) is 21.3 Å². The van der Waals surface area contributed by atoms with E-state index in [4.69, 9.17) is 4.74 Å². The molecule has 1 atom stereocenters. The molecule has 2 rings (SSSR count). The molecule has 0 aromatic heterocycles. The molecule has 0 saturated carbocycles. The number of likely N-dealkylation sites (N-methyl/N-ethyl adjacent to an activating group) is 1. The van der Waals surface area contributed by atoms with E-state index in [1.165, 1.54) is 37.4 Å². The lowest BCUT2D eigenvalue weighted by molar-refractivity contribution is 0.391. The van der Waals surface area contributed by atoms with Crippen LogP contribution in [-0.2, 0) is 6.42 Å². The van der Waals surface area contributed by atoms with Crippen molar-refractivity contribution < 1.29 is 17.9 Å². The summed E-state index contributed by atoms with van der Waals surface area (Å²) in [6.45, 7) is 0. The lowest BCUT2D eigenvalue weighted by atomic mass is 9.97. The van der Waals surface area contributed by atoms with Gasteiger partial charge in [-0.25, -0.2) is 13.2 Å². The summed E-state index contributed by atoms with van der Waals surface area (Å²) in [4.78, 5) is 0. The Morgan fingerprint density at radius 3 is 2.14 bits per heavy atom. The smallest absolute Gasteiger partial charge is 0.131 e. The maximum Gasteiger partial charge on any atom is 0.131 e. The zero-order valence-electron chi connectivity index (χ0n) is 11.8. The van der Waals surface area contributed by atoms with E-state index in [0.717, 1.165) is 0 Å². The van der Waals surface area contributed by atoms with Gasteiger partial charge in [-0.1, -0.05) is 12.1 Å². The minimum atomic E-state index is -0.648. The maximum absolute atomic E-state index is 14.1. The van der Waals surface area contributed by atoms with E-state index >= 15 is 0 Å². The predicted octanol–water partition coefficient (Wildman–Crippen LogP) is 3.62. The maximum atomic E-state index is 14.1. The Labute approximate surface area is 121 Å². The first-order valence-corrected chi connectivity index (χ1v) is 6.51. The molecule has 112 valence electrons. The number of benzene rings is 2. The zero-order valence-corrected chi connectivity index (χ0v) is 11.8. The summed E-state index contributed by atoms with van der Waals surface area (Å²) in [5, 5.41) is 2.88. The van der Waals surface area contributed by atoms with Crippen LogP contribution in [0.2, 0.25) is 0 Å². The van der Waals surface area contributed by atoms with Crippen molar-refractivity contribution in [2.75, 3.05) is 14.2 Å². The molecule has 21 heavy (non-hydrogen) atoms. The average Bonchev–Trinajstić information content (AvgIpc) is 2.47. The molecule has 2 nitrogen and oxygen atoms in total. The second kappa shape index (κ2) is 6.63. The minimum absolute atomic E-state index is 0.0215. The normalized spacial score (nSPS) is 12.2. The Morgan fingerprint density at radius 1 is 1.00 bits per heavy atom. The highest BCUT2D eigenvalue weighted by Gasteiger charge is 2.22. The van der Waals surface area contributed by atoms with Gasteiger partial charge in [0.05, 0.1) is 7.11 Å². The molecule has 2 aromatic rings. The van der Waals surface area contributed by atoms with Crippen LogP contribution in [0, 0.1) is 17.5 Å². The molecule has 0 amide bonds. The molecular weight excluding hydrogens is 279 g/mol. The Hall–Kier alpha value is -2.01. The van der Waals surface area contributed by atoms with Gasteiger partial charge in [-0.15, -0.1) is 0 Å². The SMILES string of the molecule is CNC(Cc1c(F)cccc1F)c1c(F)cccc1OC. The van der Waals surface area contributed by atoms with Crippen molar-refractivity contribution in [3.05, 3.63) is 65.0 Å². The number of nitrogens with one attached hydrogen (secondary N) is 1. The molecule has 0 bridgehead atoms. The van der Waals surface area contributed by atoms with E-state index < -0.39 is 23.5 Å². The molecule has 1 N–H and O–H groups in total. The molecule has 0 heterocycles. The van der Waals surface area contributed by atoms with Gasteiger partial charge in [0.1, 0.15) is 23.2 Å². The van der Waals surface area contributed by atoms with Crippen LogP contribution >= 0.6 is 0 Å². The monoisotopic (exact) mass is 295 g/mol. The summed E-state index contributed by atoms with van der Waals surface area (Å²) >= 11 is 0. The Bertz CT molecular complexity index is 611. The zero-order chi connectivity index (χ0) is 15.4. The fourth-order valence-electron chi connectivity index (χ4n) is 2.31. The van der Waals surface area contributed by atoms with E-state index in [2.05, 4.69) is 5.32 Å². The van der Waals surface area contributed by atoms with E-state index in [0.29, 0.717) is 5.75 Å². The number of hydrogen-bond donors (Lipinski definition) is 1. The molecular formula is C16H16F3NO. The first-order chi connectivity index (χ1) is 10.1.